The Kier molecular flexibility index (Phi) is 6.30. The number of hydrogen-bond acceptors (Lipinski definition) is 4. The van der Waals surface area contributed by atoms with Crippen LogP contribution in [-0.2, 0) is 28.7 Å². The van der Waals surface area contributed by atoms with Crippen LogP contribution >= 0.6 is 0 Å². The van der Waals surface area contributed by atoms with Gasteiger partial charge in [0.2, 0.25) is 0 Å². The van der Waals surface area contributed by atoms with Crippen molar-refractivity contribution in [3.63, 3.8) is 0 Å². The molecule has 1 unspecified atom stereocenters. The number of hydrogen-bond donors (Lipinski definition) is 2. The lowest BCUT2D eigenvalue weighted by molar-refractivity contribution is -0.137. The van der Waals surface area contributed by atoms with Crippen LogP contribution in [0.4, 0.5) is 0 Å². The van der Waals surface area contributed by atoms with Gasteiger partial charge < -0.3 is 10.2 Å². The third kappa shape index (κ3) is 4.63. The zero-order chi connectivity index (χ0) is 21.1. The van der Waals surface area contributed by atoms with Crippen molar-refractivity contribution >= 4 is 16.8 Å². The first-order valence-corrected chi connectivity index (χ1v) is 10.8. The second kappa shape index (κ2) is 8.71. The first kappa shape index (κ1) is 21.0. The van der Waals surface area contributed by atoms with Gasteiger partial charge in [-0.05, 0) is 40.3 Å². The molecule has 2 N–H and O–H groups in total. The van der Waals surface area contributed by atoms with E-state index < -0.39 is 16.8 Å². The summed E-state index contributed by atoms with van der Waals surface area (Å²) in [6.45, 7) is 3.69. The molecule has 0 aliphatic heterocycles. The topological polar surface area (TPSA) is 92.4 Å². The lowest BCUT2D eigenvalue weighted by Gasteiger charge is -2.10. The number of carboxylic acids is 1. The molecule has 0 spiro atoms. The minimum Gasteiger partial charge on any atom is -0.480 e. The van der Waals surface area contributed by atoms with Gasteiger partial charge in [-0.25, -0.2) is 0 Å². The van der Waals surface area contributed by atoms with E-state index in [1.165, 1.54) is 4.68 Å². The van der Waals surface area contributed by atoms with Crippen molar-refractivity contribution in [3.05, 3.63) is 59.8 Å². The van der Waals surface area contributed by atoms with E-state index in [4.69, 9.17) is 0 Å². The van der Waals surface area contributed by atoms with Gasteiger partial charge in [0.25, 0.3) is 0 Å². The third-order valence-electron chi connectivity index (χ3n) is 4.74. The largest absolute Gasteiger partial charge is 0.480 e. The predicted octanol–water partition coefficient (Wildman–Crippen LogP) is 3.65. The summed E-state index contributed by atoms with van der Waals surface area (Å²) in [4.78, 5) is 11.8. The van der Waals surface area contributed by atoms with Gasteiger partial charge in [-0.1, -0.05) is 50.2 Å². The fraction of sp³-hybridized carbons (Fsp3) is 0.273. The summed E-state index contributed by atoms with van der Waals surface area (Å²) in [5.74, 6) is -0.744. The molecule has 1 heterocycles. The Labute approximate surface area is 172 Å². The van der Waals surface area contributed by atoms with Crippen molar-refractivity contribution < 1.29 is 19.2 Å². The number of rotatable bonds is 7. The van der Waals surface area contributed by atoms with Crippen LogP contribution in [0.5, 0.6) is 0 Å². The molecular weight excluding hydrogens is 388 g/mol. The molecule has 0 saturated carbocycles. The number of aliphatic carboxylic acids is 1. The lowest BCUT2D eigenvalue weighted by Crippen LogP contribution is -2.11. The molecular formula is C22H24N2O4S. The summed E-state index contributed by atoms with van der Waals surface area (Å²) in [5.41, 5.74) is 4.98. The maximum atomic E-state index is 12.0. The number of aromatic nitrogens is 2. The van der Waals surface area contributed by atoms with Crippen molar-refractivity contribution in [2.75, 3.05) is 6.26 Å². The van der Waals surface area contributed by atoms with Crippen LogP contribution in [-0.4, -0.2) is 36.4 Å². The smallest absolute Gasteiger partial charge is 0.325 e. The Balaban J connectivity index is 1.98. The number of nitrogens with zero attached hydrogens (tertiary/aromatic N) is 2. The SMILES string of the molecule is CC(C)c1cc(-c2ccc(-c3ccc(CO)c(S(C)=O)c3)cc2)n(CC(=O)O)n1. The van der Waals surface area contributed by atoms with Crippen LogP contribution in [0.25, 0.3) is 22.4 Å². The molecule has 3 rings (SSSR count). The van der Waals surface area contributed by atoms with Gasteiger partial charge in [0.15, 0.2) is 0 Å². The molecule has 29 heavy (non-hydrogen) atoms. The van der Waals surface area contributed by atoms with Gasteiger partial charge in [-0.15, -0.1) is 0 Å². The first-order valence-electron chi connectivity index (χ1n) is 9.27. The van der Waals surface area contributed by atoms with E-state index in [-0.39, 0.29) is 19.1 Å². The van der Waals surface area contributed by atoms with Gasteiger partial charge in [-0.2, -0.15) is 5.10 Å². The van der Waals surface area contributed by atoms with Crippen molar-refractivity contribution in [3.8, 4) is 22.4 Å². The molecule has 6 nitrogen and oxygen atoms in total. The average molecular weight is 413 g/mol. The predicted molar refractivity (Wildman–Crippen MR) is 113 cm³/mol. The van der Waals surface area contributed by atoms with E-state index in [0.29, 0.717) is 10.5 Å². The standard InChI is InChI=1S/C22H24N2O4S/c1-14(2)19-11-20(24(23-19)12-22(26)27)16-6-4-15(5-7-16)17-8-9-18(13-25)21(10-17)29(3)28/h4-11,14,25H,12-13H2,1-3H3,(H,26,27). The molecule has 0 saturated heterocycles. The first-order chi connectivity index (χ1) is 13.8. The highest BCUT2D eigenvalue weighted by Gasteiger charge is 2.15. The second-order valence-corrected chi connectivity index (χ2v) is 8.52. The van der Waals surface area contributed by atoms with Gasteiger partial charge >= 0.3 is 5.97 Å². The van der Waals surface area contributed by atoms with Gasteiger partial charge in [0.1, 0.15) is 6.54 Å². The van der Waals surface area contributed by atoms with Gasteiger partial charge in [-0.3, -0.25) is 13.7 Å². The number of carbonyl (C=O) groups is 1. The van der Waals surface area contributed by atoms with E-state index in [1.54, 1.807) is 12.3 Å². The summed E-state index contributed by atoms with van der Waals surface area (Å²) in [5, 5.41) is 23.1. The number of carboxylic acid groups (broad SMARTS) is 1. The van der Waals surface area contributed by atoms with Crippen molar-refractivity contribution in [1.82, 2.24) is 9.78 Å². The van der Waals surface area contributed by atoms with Crippen LogP contribution < -0.4 is 0 Å². The van der Waals surface area contributed by atoms with Crippen LogP contribution in [0, 0.1) is 0 Å². The van der Waals surface area contributed by atoms with Crippen molar-refractivity contribution in [1.29, 1.82) is 0 Å². The van der Waals surface area contributed by atoms with Crippen LogP contribution in [0.1, 0.15) is 31.0 Å². The average Bonchev–Trinajstić information content (AvgIpc) is 3.11. The fourth-order valence-corrected chi connectivity index (χ4v) is 3.96. The number of aliphatic hydroxyl groups is 1. The Morgan fingerprint density at radius 1 is 1.07 bits per heavy atom. The molecule has 7 heteroatoms. The molecule has 1 atom stereocenters. The summed E-state index contributed by atoms with van der Waals surface area (Å²) >= 11 is 0. The van der Waals surface area contributed by atoms with Crippen LogP contribution in [0.2, 0.25) is 0 Å². The minimum atomic E-state index is -1.20. The highest BCUT2D eigenvalue weighted by molar-refractivity contribution is 7.84. The lowest BCUT2D eigenvalue weighted by atomic mass is 10.0. The molecule has 1 aromatic heterocycles. The van der Waals surface area contributed by atoms with Crippen molar-refractivity contribution in [2.24, 2.45) is 0 Å². The quantitative estimate of drug-likeness (QED) is 0.618. The van der Waals surface area contributed by atoms with Gasteiger partial charge in [0, 0.05) is 11.2 Å². The van der Waals surface area contributed by atoms with E-state index in [2.05, 4.69) is 5.10 Å². The van der Waals surface area contributed by atoms with Gasteiger partial charge in [0.05, 0.1) is 28.8 Å². The molecule has 2 aromatic carbocycles. The zero-order valence-corrected chi connectivity index (χ0v) is 17.4. The summed E-state index contributed by atoms with van der Waals surface area (Å²) in [6, 6.07) is 15.2. The Morgan fingerprint density at radius 3 is 2.24 bits per heavy atom. The van der Waals surface area contributed by atoms with E-state index in [9.17, 15) is 19.2 Å². The molecule has 0 aliphatic carbocycles. The maximum Gasteiger partial charge on any atom is 0.325 e. The highest BCUT2D eigenvalue weighted by atomic mass is 32.2. The Bertz CT molecular complexity index is 1060. The fourth-order valence-electron chi connectivity index (χ4n) is 3.17. The molecule has 0 aliphatic rings. The molecule has 152 valence electrons. The summed E-state index contributed by atoms with van der Waals surface area (Å²) in [7, 11) is -1.20. The molecule has 0 radical (unpaired) electrons. The van der Waals surface area contributed by atoms with E-state index >= 15 is 0 Å². The number of aliphatic hydroxyl groups excluding tert-OH is 1. The third-order valence-corrected chi connectivity index (χ3v) is 5.74. The molecule has 0 fully saturated rings. The minimum absolute atomic E-state index is 0.153. The number of benzene rings is 2. The second-order valence-electron chi connectivity index (χ2n) is 7.17. The maximum absolute atomic E-state index is 12.0. The van der Waals surface area contributed by atoms with E-state index in [0.717, 1.165) is 28.1 Å². The summed E-state index contributed by atoms with van der Waals surface area (Å²) < 4.78 is 13.5. The zero-order valence-electron chi connectivity index (χ0n) is 16.6. The monoisotopic (exact) mass is 412 g/mol. The highest BCUT2D eigenvalue weighted by Crippen LogP contribution is 2.29. The Hall–Kier alpha value is -2.77. The van der Waals surface area contributed by atoms with Crippen LogP contribution in [0.3, 0.4) is 0 Å². The van der Waals surface area contributed by atoms with E-state index in [1.807, 2.05) is 56.3 Å². The summed E-state index contributed by atoms with van der Waals surface area (Å²) in [6.07, 6.45) is 1.59. The normalized spacial score (nSPS) is 12.3. The van der Waals surface area contributed by atoms with Crippen LogP contribution in [0.15, 0.2) is 53.4 Å². The molecule has 3 aromatic rings. The van der Waals surface area contributed by atoms with Crippen molar-refractivity contribution in [2.45, 2.75) is 37.8 Å². The molecule has 0 amide bonds. The molecule has 0 bridgehead atoms. The Morgan fingerprint density at radius 2 is 1.69 bits per heavy atom.